The van der Waals surface area contributed by atoms with Crippen molar-refractivity contribution in [1.82, 2.24) is 0 Å². The highest BCUT2D eigenvalue weighted by Crippen LogP contribution is 2.61. The third-order valence-corrected chi connectivity index (χ3v) is 9.13. The van der Waals surface area contributed by atoms with Crippen LogP contribution in [0.2, 0.25) is 0 Å². The van der Waals surface area contributed by atoms with E-state index in [0.29, 0.717) is 0 Å². The Hall–Kier alpha value is -2.51. The summed E-state index contributed by atoms with van der Waals surface area (Å²) in [5.41, 5.74) is -0.458. The first-order valence-electron chi connectivity index (χ1n) is 14.8. The van der Waals surface area contributed by atoms with Gasteiger partial charge in [0, 0.05) is 12.0 Å². The molecule has 3 saturated heterocycles. The fourth-order valence-electron chi connectivity index (χ4n) is 6.62. The van der Waals surface area contributed by atoms with Gasteiger partial charge in [-0.3, -0.25) is 0 Å². The number of rotatable bonds is 9. The number of carbonyl (C=O) groups excluding carboxylic acids is 1. The van der Waals surface area contributed by atoms with E-state index in [2.05, 4.69) is 0 Å². The second-order valence-corrected chi connectivity index (χ2v) is 11.9. The normalized spacial score (nSPS) is 47.2. The molecule has 0 bridgehead atoms. The number of aliphatic hydroxyl groups excluding tert-OH is 7. The minimum Gasteiger partial charge on any atom is -0.472 e. The summed E-state index contributed by atoms with van der Waals surface area (Å²) >= 11 is 0. The van der Waals surface area contributed by atoms with E-state index in [4.69, 9.17) is 33.2 Å². The molecule has 0 unspecified atom stereocenters. The highest BCUT2D eigenvalue weighted by atomic mass is 16.8. The quantitative estimate of drug-likeness (QED) is 0.0845. The molecule has 45 heavy (non-hydrogen) atoms. The second-order valence-electron chi connectivity index (χ2n) is 11.9. The van der Waals surface area contributed by atoms with Gasteiger partial charge in [-0.25, -0.2) is 4.79 Å². The molecule has 248 valence electrons. The third-order valence-electron chi connectivity index (χ3n) is 9.13. The number of epoxide rings is 1. The van der Waals surface area contributed by atoms with Gasteiger partial charge in [0.05, 0.1) is 37.6 Å². The Morgan fingerprint density at radius 2 is 1.62 bits per heavy atom. The lowest BCUT2D eigenvalue weighted by Gasteiger charge is -2.44. The number of esters is 1. The van der Waals surface area contributed by atoms with Crippen LogP contribution < -0.4 is 0 Å². The van der Waals surface area contributed by atoms with E-state index < -0.39 is 117 Å². The topological polar surface area (TPSA) is 227 Å². The summed E-state index contributed by atoms with van der Waals surface area (Å²) in [4.78, 5) is 12.6. The molecule has 15 heteroatoms. The zero-order chi connectivity index (χ0) is 32.0. The summed E-state index contributed by atoms with van der Waals surface area (Å²) in [5, 5.41) is 72.5. The smallest absolute Gasteiger partial charge is 0.331 e. The van der Waals surface area contributed by atoms with E-state index >= 15 is 0 Å². The average molecular weight is 639 g/mol. The molecule has 1 aliphatic carbocycles. The fourth-order valence-corrected chi connectivity index (χ4v) is 6.62. The number of carbonyl (C=O) groups is 1. The van der Waals surface area contributed by atoms with Crippen LogP contribution >= 0.6 is 0 Å². The Bertz CT molecular complexity index is 1240. The summed E-state index contributed by atoms with van der Waals surface area (Å²) in [7, 11) is 0. The molecule has 4 heterocycles. The molecule has 15 nitrogen and oxygen atoms in total. The molecule has 0 aromatic heterocycles. The number of hydrogen-bond acceptors (Lipinski definition) is 15. The van der Waals surface area contributed by atoms with Crippen molar-refractivity contribution in [3.8, 4) is 0 Å². The van der Waals surface area contributed by atoms with E-state index in [1.165, 1.54) is 25.3 Å². The van der Waals surface area contributed by atoms with Crippen molar-refractivity contribution in [3.63, 3.8) is 0 Å². The van der Waals surface area contributed by atoms with E-state index in [-0.39, 0.29) is 0 Å². The van der Waals surface area contributed by atoms with Gasteiger partial charge in [-0.05, 0) is 24.6 Å². The minimum atomic E-state index is -1.69. The van der Waals surface area contributed by atoms with Gasteiger partial charge in [0.1, 0.15) is 48.3 Å². The maximum absolute atomic E-state index is 12.6. The van der Waals surface area contributed by atoms with Gasteiger partial charge in [0.15, 0.2) is 18.7 Å². The third kappa shape index (κ3) is 5.93. The standard InChI is InChI=1S/C30H38O15/c1-13-19(34)25(42-17(33)8-7-14-5-3-2-4-6-14)23(38)29(40-13)43-24-15-9-10-39-27(18(15)30(12-32)26(24)45-30)44-28-22(37)21(36)20(35)16(11-31)41-28/h2-10,13,15-16,18-29,31-32,34-38H,11-12H2,1H3/t13-,15+,16+,18+,19-,20+,21-,22+,23+,24-,25+,26-,27-,28-,29-,30+/m0/s1. The molecule has 7 N–H and O–H groups in total. The summed E-state index contributed by atoms with van der Waals surface area (Å²) in [5.74, 6) is -2.08. The van der Waals surface area contributed by atoms with Crippen LogP contribution in [-0.4, -0.2) is 140 Å². The van der Waals surface area contributed by atoms with Crippen molar-refractivity contribution in [2.75, 3.05) is 13.2 Å². The van der Waals surface area contributed by atoms with E-state index in [1.807, 2.05) is 6.07 Å². The van der Waals surface area contributed by atoms with Gasteiger partial charge in [-0.15, -0.1) is 0 Å². The maximum Gasteiger partial charge on any atom is 0.331 e. The van der Waals surface area contributed by atoms with E-state index in [0.717, 1.165) is 5.56 Å². The lowest BCUT2D eigenvalue weighted by atomic mass is 9.85. The molecule has 1 saturated carbocycles. The van der Waals surface area contributed by atoms with Crippen LogP contribution in [0.1, 0.15) is 12.5 Å². The predicted octanol–water partition coefficient (Wildman–Crippen LogP) is -2.47. The zero-order valence-electron chi connectivity index (χ0n) is 24.2. The maximum atomic E-state index is 12.6. The van der Waals surface area contributed by atoms with Crippen LogP contribution in [0.15, 0.2) is 48.7 Å². The number of aliphatic hydroxyl groups is 7. The molecule has 4 fully saturated rings. The molecule has 4 aliphatic heterocycles. The number of ether oxygens (including phenoxy) is 7. The van der Waals surface area contributed by atoms with Gasteiger partial charge in [-0.2, -0.15) is 0 Å². The number of benzene rings is 1. The Labute approximate surface area is 257 Å². The summed E-state index contributed by atoms with van der Waals surface area (Å²) in [6.07, 6.45) is -11.3. The highest BCUT2D eigenvalue weighted by molar-refractivity contribution is 5.87. The van der Waals surface area contributed by atoms with Gasteiger partial charge in [0.25, 0.3) is 0 Å². The summed E-state index contributed by atoms with van der Waals surface area (Å²) in [6, 6.07) is 9.03. The predicted molar refractivity (Wildman–Crippen MR) is 147 cm³/mol. The van der Waals surface area contributed by atoms with Gasteiger partial charge in [-0.1, -0.05) is 30.3 Å². The lowest BCUT2D eigenvalue weighted by molar-refractivity contribution is -0.347. The summed E-state index contributed by atoms with van der Waals surface area (Å²) < 4.78 is 40.4. The van der Waals surface area contributed by atoms with Gasteiger partial charge >= 0.3 is 5.97 Å². The van der Waals surface area contributed by atoms with Crippen molar-refractivity contribution in [3.05, 3.63) is 54.3 Å². The first kappa shape index (κ1) is 32.4. The Morgan fingerprint density at radius 1 is 0.889 bits per heavy atom. The zero-order valence-corrected chi connectivity index (χ0v) is 24.2. The van der Waals surface area contributed by atoms with Crippen molar-refractivity contribution >= 4 is 12.0 Å². The van der Waals surface area contributed by atoms with Gasteiger partial charge in [0.2, 0.25) is 6.29 Å². The molecule has 1 aromatic carbocycles. The summed E-state index contributed by atoms with van der Waals surface area (Å²) in [6.45, 7) is 0.414. The number of fused-ring (bicyclic) bond motifs is 3. The molecule has 16 atom stereocenters. The Kier molecular flexibility index (Phi) is 9.33. The van der Waals surface area contributed by atoms with E-state index in [1.54, 1.807) is 30.3 Å². The molecule has 5 aliphatic rings. The lowest BCUT2D eigenvalue weighted by Crippen LogP contribution is -2.60. The Morgan fingerprint density at radius 3 is 2.33 bits per heavy atom. The first-order chi connectivity index (χ1) is 21.6. The van der Waals surface area contributed by atoms with Crippen molar-refractivity contribution in [2.24, 2.45) is 11.8 Å². The van der Waals surface area contributed by atoms with Crippen LogP contribution in [0.4, 0.5) is 0 Å². The minimum absolute atomic E-state index is 0.471. The number of hydrogen-bond donors (Lipinski definition) is 7. The molecule has 0 spiro atoms. The highest BCUT2D eigenvalue weighted by Gasteiger charge is 2.77. The molecule has 6 rings (SSSR count). The molecule has 1 aromatic rings. The first-order valence-corrected chi connectivity index (χ1v) is 14.8. The molecular weight excluding hydrogens is 600 g/mol. The Balaban J connectivity index is 1.15. The van der Waals surface area contributed by atoms with Crippen LogP contribution in [0, 0.1) is 11.8 Å². The van der Waals surface area contributed by atoms with Crippen LogP contribution in [0.3, 0.4) is 0 Å². The second kappa shape index (κ2) is 12.9. The van der Waals surface area contributed by atoms with Crippen molar-refractivity contribution < 1.29 is 73.7 Å². The van der Waals surface area contributed by atoms with Gasteiger partial charge < -0.3 is 68.9 Å². The van der Waals surface area contributed by atoms with E-state index in [9.17, 15) is 40.5 Å². The SMILES string of the molecule is C[C@@H]1O[C@@H](O[C@H]2[C@@H]3C=CO[C@@H](O[C@@H]4O[C@H](CO)[C@@H](O)[C@H](O)[C@H]4O)[C@@H]3[C@@]3(CO)O[C@@H]23)[C@H](O)[C@H](OC(=O)C=Cc2ccccc2)[C@H]1O. The van der Waals surface area contributed by atoms with Crippen LogP contribution in [0.25, 0.3) is 6.08 Å². The monoisotopic (exact) mass is 638 g/mol. The fraction of sp³-hybridized carbons (Fsp3) is 0.633. The van der Waals surface area contributed by atoms with Crippen molar-refractivity contribution in [1.29, 1.82) is 0 Å². The van der Waals surface area contributed by atoms with Crippen LogP contribution in [0.5, 0.6) is 0 Å². The molecule has 0 radical (unpaired) electrons. The molecule has 0 amide bonds. The largest absolute Gasteiger partial charge is 0.472 e. The average Bonchev–Trinajstić information content (AvgIpc) is 3.72. The molecular formula is C30H38O15. The van der Waals surface area contributed by atoms with Crippen LogP contribution in [-0.2, 0) is 38.0 Å². The van der Waals surface area contributed by atoms with Crippen molar-refractivity contribution in [2.45, 2.75) is 92.4 Å².